The van der Waals surface area contributed by atoms with Gasteiger partial charge in [-0.25, -0.2) is 4.79 Å². The van der Waals surface area contributed by atoms with E-state index in [-0.39, 0.29) is 18.7 Å². The molecular weight excluding hydrogens is 356 g/mol. The molecule has 1 fully saturated rings. The summed E-state index contributed by atoms with van der Waals surface area (Å²) >= 11 is 0. The molecule has 146 valence electrons. The van der Waals surface area contributed by atoms with Gasteiger partial charge in [-0.05, 0) is 37.0 Å². The van der Waals surface area contributed by atoms with Crippen LogP contribution in [0.3, 0.4) is 0 Å². The van der Waals surface area contributed by atoms with Crippen LogP contribution in [0, 0.1) is 0 Å². The number of nitrogens with one attached hydrogen (secondary N) is 1. The highest BCUT2D eigenvalue weighted by Crippen LogP contribution is 2.19. The Morgan fingerprint density at radius 2 is 1.81 bits per heavy atom. The van der Waals surface area contributed by atoms with E-state index in [4.69, 9.17) is 5.11 Å². The molecule has 0 aliphatic carbocycles. The normalized spacial score (nSPS) is 17.3. The largest absolute Gasteiger partial charge is 0.508 e. The maximum absolute atomic E-state index is 12.6. The zero-order valence-electron chi connectivity index (χ0n) is 14.6. The fourth-order valence-corrected chi connectivity index (χ4v) is 3.05. The fourth-order valence-electron chi connectivity index (χ4n) is 3.05. The lowest BCUT2D eigenvalue weighted by molar-refractivity contribution is -0.150. The number of phenols is 1. The minimum absolute atomic E-state index is 0.0243. The third-order valence-electron chi connectivity index (χ3n) is 4.41. The number of phenolic OH excluding ortho intramolecular Hbond substituents is 1. The number of nitrogens with zero attached hydrogens (tertiary/aromatic N) is 1. The summed E-state index contributed by atoms with van der Waals surface area (Å²) in [5.41, 5.74) is 0.801. The smallest absolute Gasteiger partial charge is 0.326 e. The van der Waals surface area contributed by atoms with Crippen LogP contribution in [0.2, 0.25) is 0 Å². The molecule has 4 N–H and O–H groups in total. The lowest BCUT2D eigenvalue weighted by Crippen LogP contribution is -2.52. The summed E-state index contributed by atoms with van der Waals surface area (Å²) in [6, 6.07) is 3.98. The summed E-state index contributed by atoms with van der Waals surface area (Å²) in [6.45, 7) is 0.218. The van der Waals surface area contributed by atoms with E-state index in [2.05, 4.69) is 5.32 Å². The molecule has 0 spiro atoms. The summed E-state index contributed by atoms with van der Waals surface area (Å²) < 4.78 is 0. The van der Waals surface area contributed by atoms with Gasteiger partial charge in [0.25, 0.3) is 0 Å². The molecule has 0 bridgehead atoms. The number of carbonyl (C=O) groups is 4. The van der Waals surface area contributed by atoms with E-state index in [1.54, 1.807) is 12.1 Å². The Morgan fingerprint density at radius 1 is 1.15 bits per heavy atom. The Morgan fingerprint density at radius 3 is 2.41 bits per heavy atom. The number of amides is 2. The zero-order valence-corrected chi connectivity index (χ0v) is 14.6. The first-order valence-corrected chi connectivity index (χ1v) is 8.60. The number of likely N-dealkylation sites (tertiary alicyclic amines) is 1. The lowest BCUT2D eigenvalue weighted by Gasteiger charge is -2.26. The highest BCUT2D eigenvalue weighted by molar-refractivity contribution is 5.93. The van der Waals surface area contributed by atoms with Crippen molar-refractivity contribution in [3.05, 3.63) is 29.8 Å². The number of benzene rings is 1. The van der Waals surface area contributed by atoms with Crippen LogP contribution in [0.4, 0.5) is 0 Å². The van der Waals surface area contributed by atoms with E-state index in [0.29, 0.717) is 19.3 Å². The predicted molar refractivity (Wildman–Crippen MR) is 93.0 cm³/mol. The number of carbonyl (C=O) groups excluding carboxylic acids is 2. The number of carboxylic acids is 2. The molecule has 1 aliphatic heterocycles. The maximum atomic E-state index is 12.6. The van der Waals surface area contributed by atoms with E-state index in [1.165, 1.54) is 12.1 Å². The second kappa shape index (κ2) is 9.02. The van der Waals surface area contributed by atoms with Crippen molar-refractivity contribution >= 4 is 23.8 Å². The van der Waals surface area contributed by atoms with Crippen LogP contribution in [0.1, 0.15) is 31.2 Å². The molecule has 1 heterocycles. The molecule has 2 atom stereocenters. The average molecular weight is 378 g/mol. The third kappa shape index (κ3) is 5.70. The van der Waals surface area contributed by atoms with Crippen molar-refractivity contribution in [3.63, 3.8) is 0 Å². The van der Waals surface area contributed by atoms with Gasteiger partial charge in [0.2, 0.25) is 11.8 Å². The molecule has 1 saturated heterocycles. The van der Waals surface area contributed by atoms with Gasteiger partial charge in [-0.2, -0.15) is 0 Å². The second-order valence-corrected chi connectivity index (χ2v) is 6.41. The predicted octanol–water partition coefficient (Wildman–Crippen LogP) is 0.360. The summed E-state index contributed by atoms with van der Waals surface area (Å²) in [6.07, 6.45) is 0.567. The van der Waals surface area contributed by atoms with Gasteiger partial charge < -0.3 is 25.5 Å². The molecule has 0 saturated carbocycles. The summed E-state index contributed by atoms with van der Waals surface area (Å²) in [5.74, 6) is -3.50. The van der Waals surface area contributed by atoms with Crippen LogP contribution in [0.25, 0.3) is 0 Å². The molecular formula is C18H22N2O7. The van der Waals surface area contributed by atoms with Crippen LogP contribution in [-0.4, -0.2) is 62.6 Å². The van der Waals surface area contributed by atoms with Crippen LogP contribution in [-0.2, 0) is 25.6 Å². The van der Waals surface area contributed by atoms with Crippen molar-refractivity contribution in [3.8, 4) is 5.75 Å². The summed E-state index contributed by atoms with van der Waals surface area (Å²) in [5, 5.41) is 29.9. The quantitative estimate of drug-likeness (QED) is 0.511. The molecule has 2 rings (SSSR count). The van der Waals surface area contributed by atoms with Gasteiger partial charge in [0.05, 0.1) is 6.42 Å². The molecule has 0 radical (unpaired) electrons. The number of hydrogen-bond donors (Lipinski definition) is 4. The summed E-state index contributed by atoms with van der Waals surface area (Å²) in [4.78, 5) is 48.2. The second-order valence-electron chi connectivity index (χ2n) is 6.41. The molecule has 0 aromatic heterocycles. The standard InChI is InChI=1S/C18H22N2O7/c21-12-6-3-11(4-7-12)5-8-15(22)19-13(10-16(23)24)17(25)20-9-1-2-14(20)18(26)27/h3-4,6-7,13-14,21H,1-2,5,8-10H2,(H,19,22)(H,23,24)(H,26,27)/t13-,14-/m0/s1. The van der Waals surface area contributed by atoms with Crippen molar-refractivity contribution in [2.45, 2.75) is 44.2 Å². The molecule has 2 amide bonds. The third-order valence-corrected chi connectivity index (χ3v) is 4.41. The van der Waals surface area contributed by atoms with Gasteiger partial charge in [-0.15, -0.1) is 0 Å². The van der Waals surface area contributed by atoms with Crippen LogP contribution >= 0.6 is 0 Å². The minimum atomic E-state index is -1.31. The van der Waals surface area contributed by atoms with Crippen LogP contribution in [0.5, 0.6) is 5.75 Å². The van der Waals surface area contributed by atoms with E-state index in [9.17, 15) is 29.4 Å². The van der Waals surface area contributed by atoms with Gasteiger partial charge in [0.15, 0.2) is 0 Å². The molecule has 1 aromatic rings. The Labute approximate surface area is 155 Å². The topological polar surface area (TPSA) is 144 Å². The highest BCUT2D eigenvalue weighted by atomic mass is 16.4. The van der Waals surface area contributed by atoms with Gasteiger partial charge >= 0.3 is 11.9 Å². The van der Waals surface area contributed by atoms with E-state index < -0.39 is 42.3 Å². The molecule has 27 heavy (non-hydrogen) atoms. The van der Waals surface area contributed by atoms with Gasteiger partial charge in [0.1, 0.15) is 17.8 Å². The van der Waals surface area contributed by atoms with Crippen molar-refractivity contribution in [1.29, 1.82) is 0 Å². The first kappa shape index (κ1) is 20.2. The Bertz CT molecular complexity index is 717. The summed E-state index contributed by atoms with van der Waals surface area (Å²) in [7, 11) is 0. The van der Waals surface area contributed by atoms with Crippen molar-refractivity contribution < 1.29 is 34.5 Å². The SMILES string of the molecule is O=C(O)C[C@H](NC(=O)CCc1ccc(O)cc1)C(=O)N1CCC[C@H]1C(=O)O. The van der Waals surface area contributed by atoms with Crippen molar-refractivity contribution in [2.75, 3.05) is 6.54 Å². The number of rotatable bonds is 8. The Hall–Kier alpha value is -3.10. The van der Waals surface area contributed by atoms with Crippen LogP contribution < -0.4 is 5.32 Å². The molecule has 0 unspecified atom stereocenters. The number of aromatic hydroxyl groups is 1. The first-order chi connectivity index (χ1) is 12.8. The lowest BCUT2D eigenvalue weighted by atomic mass is 10.1. The van der Waals surface area contributed by atoms with E-state index in [0.717, 1.165) is 10.5 Å². The van der Waals surface area contributed by atoms with Gasteiger partial charge in [0, 0.05) is 13.0 Å². The number of aryl methyl sites for hydroxylation is 1. The zero-order chi connectivity index (χ0) is 20.0. The first-order valence-electron chi connectivity index (χ1n) is 8.60. The number of aliphatic carboxylic acids is 2. The fraction of sp³-hybridized carbons (Fsp3) is 0.444. The van der Waals surface area contributed by atoms with Crippen LogP contribution in [0.15, 0.2) is 24.3 Å². The monoisotopic (exact) mass is 378 g/mol. The molecule has 9 heteroatoms. The molecule has 1 aromatic carbocycles. The van der Waals surface area contributed by atoms with Crippen molar-refractivity contribution in [2.24, 2.45) is 0 Å². The average Bonchev–Trinajstić information content (AvgIpc) is 3.09. The van der Waals surface area contributed by atoms with Gasteiger partial charge in [-0.3, -0.25) is 14.4 Å². The maximum Gasteiger partial charge on any atom is 0.326 e. The molecule has 1 aliphatic rings. The Balaban J connectivity index is 1.99. The van der Waals surface area contributed by atoms with E-state index >= 15 is 0 Å². The molecule has 9 nitrogen and oxygen atoms in total. The van der Waals surface area contributed by atoms with Crippen molar-refractivity contribution in [1.82, 2.24) is 10.2 Å². The highest BCUT2D eigenvalue weighted by Gasteiger charge is 2.38. The number of carboxylic acid groups (broad SMARTS) is 2. The van der Waals surface area contributed by atoms with E-state index in [1.807, 2.05) is 0 Å². The Kier molecular flexibility index (Phi) is 6.75. The van der Waals surface area contributed by atoms with Gasteiger partial charge in [-0.1, -0.05) is 12.1 Å². The minimum Gasteiger partial charge on any atom is -0.508 e. The number of hydrogen-bond acceptors (Lipinski definition) is 5.